The minimum atomic E-state index is -0.558. The lowest BCUT2D eigenvalue weighted by atomic mass is 10.0. The van der Waals surface area contributed by atoms with Crippen molar-refractivity contribution in [1.29, 1.82) is 0 Å². The second kappa shape index (κ2) is 4.70. The lowest BCUT2D eigenvalue weighted by Crippen LogP contribution is -2.11. The number of aliphatic hydroxyl groups excluding tert-OH is 1. The fourth-order valence-electron chi connectivity index (χ4n) is 1.03. The highest BCUT2D eigenvalue weighted by Crippen LogP contribution is 2.25. The number of aliphatic hydroxyl groups is 1. The van der Waals surface area contributed by atoms with Gasteiger partial charge in [-0.05, 0) is 5.56 Å². The number of hydrogen-bond donors (Lipinski definition) is 1. The van der Waals surface area contributed by atoms with Crippen LogP contribution in [0.25, 0.3) is 0 Å². The van der Waals surface area contributed by atoms with Crippen LogP contribution in [0.4, 0.5) is 0 Å². The van der Waals surface area contributed by atoms with Crippen molar-refractivity contribution in [2.75, 3.05) is 6.61 Å². The molecule has 1 nitrogen and oxygen atoms in total. The summed E-state index contributed by atoms with van der Waals surface area (Å²) in [5.41, 5.74) is 0.968. The Morgan fingerprint density at radius 1 is 1.17 bits per heavy atom. The van der Waals surface area contributed by atoms with Crippen LogP contribution in [-0.2, 0) is 0 Å². The molecule has 0 fully saturated rings. The smallest absolute Gasteiger partial charge is 0.116 e. The van der Waals surface area contributed by atoms with E-state index in [4.69, 9.17) is 28.3 Å². The molecule has 0 bridgehead atoms. The lowest BCUT2D eigenvalue weighted by molar-refractivity contribution is 0.270. The van der Waals surface area contributed by atoms with Crippen LogP contribution in [0.15, 0.2) is 30.3 Å². The molecular formula is C9H10Cl2O. The first-order valence-corrected chi connectivity index (χ1v) is 4.57. The molecule has 0 saturated carbocycles. The summed E-state index contributed by atoms with van der Waals surface area (Å²) in [6, 6.07) is 9.51. The van der Waals surface area contributed by atoms with Crippen LogP contribution in [0.1, 0.15) is 11.5 Å². The average molecular weight is 205 g/mol. The van der Waals surface area contributed by atoms with E-state index in [0.29, 0.717) is 0 Å². The fraction of sp³-hybridized carbons (Fsp3) is 0.333. The maximum atomic E-state index is 8.98. The van der Waals surface area contributed by atoms with Gasteiger partial charge < -0.3 is 5.11 Å². The van der Waals surface area contributed by atoms with Gasteiger partial charge >= 0.3 is 0 Å². The molecule has 0 radical (unpaired) electrons. The van der Waals surface area contributed by atoms with Crippen molar-refractivity contribution >= 4 is 23.2 Å². The third-order valence-corrected chi connectivity index (χ3v) is 2.34. The van der Waals surface area contributed by atoms with Gasteiger partial charge in [0.05, 0.1) is 6.61 Å². The lowest BCUT2D eigenvalue weighted by Gasteiger charge is -2.14. The number of halogens is 2. The number of benzene rings is 1. The van der Waals surface area contributed by atoms with Crippen LogP contribution >= 0.6 is 23.2 Å². The fourth-order valence-corrected chi connectivity index (χ4v) is 1.48. The van der Waals surface area contributed by atoms with Crippen molar-refractivity contribution < 1.29 is 5.11 Å². The van der Waals surface area contributed by atoms with Gasteiger partial charge in [0.25, 0.3) is 0 Å². The second-order valence-corrected chi connectivity index (χ2v) is 3.70. The first-order chi connectivity index (χ1) is 5.75. The molecule has 1 aromatic carbocycles. The predicted octanol–water partition coefficient (Wildman–Crippen LogP) is 2.57. The summed E-state index contributed by atoms with van der Waals surface area (Å²) in [6.45, 7) is -0.0261. The highest BCUT2D eigenvalue weighted by atomic mass is 35.5. The van der Waals surface area contributed by atoms with Crippen LogP contribution < -0.4 is 0 Å². The molecule has 1 N–H and O–H groups in total. The van der Waals surface area contributed by atoms with Gasteiger partial charge in [0, 0.05) is 5.92 Å². The topological polar surface area (TPSA) is 20.2 Å². The third kappa shape index (κ3) is 2.37. The summed E-state index contributed by atoms with van der Waals surface area (Å²) in [7, 11) is 0. The van der Waals surface area contributed by atoms with Crippen molar-refractivity contribution in [3.63, 3.8) is 0 Å². The van der Waals surface area contributed by atoms with Crippen LogP contribution in [0, 0.1) is 0 Å². The maximum Gasteiger partial charge on any atom is 0.116 e. The first-order valence-electron chi connectivity index (χ1n) is 3.69. The Morgan fingerprint density at radius 2 is 1.75 bits per heavy atom. The molecule has 12 heavy (non-hydrogen) atoms. The zero-order chi connectivity index (χ0) is 8.97. The van der Waals surface area contributed by atoms with Gasteiger partial charge in [0.1, 0.15) is 4.84 Å². The van der Waals surface area contributed by atoms with Crippen molar-refractivity contribution in [3.8, 4) is 0 Å². The van der Waals surface area contributed by atoms with Crippen LogP contribution in [0.5, 0.6) is 0 Å². The zero-order valence-corrected chi connectivity index (χ0v) is 7.96. The minimum absolute atomic E-state index is 0.0261. The van der Waals surface area contributed by atoms with Gasteiger partial charge in [-0.2, -0.15) is 0 Å². The molecule has 0 amide bonds. The van der Waals surface area contributed by atoms with E-state index in [2.05, 4.69) is 0 Å². The van der Waals surface area contributed by atoms with E-state index < -0.39 is 4.84 Å². The highest BCUT2D eigenvalue weighted by Gasteiger charge is 2.17. The molecule has 1 rings (SSSR count). The van der Waals surface area contributed by atoms with Crippen molar-refractivity contribution in [2.24, 2.45) is 0 Å². The first kappa shape index (κ1) is 9.85. The molecular weight excluding hydrogens is 195 g/mol. The van der Waals surface area contributed by atoms with Crippen LogP contribution in [0.2, 0.25) is 0 Å². The van der Waals surface area contributed by atoms with Gasteiger partial charge in [0.15, 0.2) is 0 Å². The Hall–Kier alpha value is -0.240. The van der Waals surface area contributed by atoms with Crippen molar-refractivity contribution in [3.05, 3.63) is 35.9 Å². The van der Waals surface area contributed by atoms with E-state index in [1.165, 1.54) is 0 Å². The van der Waals surface area contributed by atoms with E-state index in [1.807, 2.05) is 30.3 Å². The Morgan fingerprint density at radius 3 is 2.17 bits per heavy atom. The highest BCUT2D eigenvalue weighted by molar-refractivity contribution is 6.44. The number of hydrogen-bond acceptors (Lipinski definition) is 1. The van der Waals surface area contributed by atoms with Gasteiger partial charge in [-0.25, -0.2) is 0 Å². The zero-order valence-electron chi connectivity index (χ0n) is 6.45. The monoisotopic (exact) mass is 204 g/mol. The molecule has 66 valence electrons. The van der Waals surface area contributed by atoms with E-state index in [-0.39, 0.29) is 12.5 Å². The normalized spacial score (nSPS) is 13.3. The van der Waals surface area contributed by atoms with Gasteiger partial charge in [0.2, 0.25) is 0 Å². The van der Waals surface area contributed by atoms with Crippen molar-refractivity contribution in [1.82, 2.24) is 0 Å². The summed E-state index contributed by atoms with van der Waals surface area (Å²) < 4.78 is 0. The summed E-state index contributed by atoms with van der Waals surface area (Å²) in [4.78, 5) is -0.558. The molecule has 1 aromatic rings. The molecule has 0 aliphatic heterocycles. The molecule has 0 aliphatic carbocycles. The molecule has 0 saturated heterocycles. The van der Waals surface area contributed by atoms with Gasteiger partial charge in [-0.3, -0.25) is 0 Å². The molecule has 0 aliphatic rings. The average Bonchev–Trinajstić information content (AvgIpc) is 2.07. The Bertz CT molecular complexity index is 223. The van der Waals surface area contributed by atoms with E-state index in [0.717, 1.165) is 5.56 Å². The summed E-state index contributed by atoms with van der Waals surface area (Å²) in [5, 5.41) is 8.98. The molecule has 3 heteroatoms. The molecule has 0 aromatic heterocycles. The summed E-state index contributed by atoms with van der Waals surface area (Å²) in [5.74, 6) is -0.186. The molecule has 1 unspecified atom stereocenters. The maximum absolute atomic E-state index is 8.98. The van der Waals surface area contributed by atoms with Crippen LogP contribution in [0.3, 0.4) is 0 Å². The standard InChI is InChI=1S/C9H10Cl2O/c10-9(11)8(6-12)7-4-2-1-3-5-7/h1-5,8-9,12H,6H2. The molecule has 0 spiro atoms. The predicted molar refractivity (Wildman–Crippen MR) is 51.8 cm³/mol. The van der Waals surface area contributed by atoms with Crippen molar-refractivity contribution in [2.45, 2.75) is 10.8 Å². The summed E-state index contributed by atoms with van der Waals surface area (Å²) in [6.07, 6.45) is 0. The molecule has 0 heterocycles. The SMILES string of the molecule is OCC(c1ccccc1)C(Cl)Cl. The molecule has 1 atom stereocenters. The minimum Gasteiger partial charge on any atom is -0.396 e. The largest absolute Gasteiger partial charge is 0.396 e. The van der Waals surface area contributed by atoms with E-state index in [9.17, 15) is 0 Å². The van der Waals surface area contributed by atoms with Crippen LogP contribution in [-0.4, -0.2) is 16.5 Å². The van der Waals surface area contributed by atoms with E-state index in [1.54, 1.807) is 0 Å². The Labute approximate surface area is 81.9 Å². The Kier molecular flexibility index (Phi) is 3.86. The quantitative estimate of drug-likeness (QED) is 0.752. The summed E-state index contributed by atoms with van der Waals surface area (Å²) >= 11 is 11.4. The number of alkyl halides is 2. The van der Waals surface area contributed by atoms with Gasteiger partial charge in [-0.15, -0.1) is 23.2 Å². The second-order valence-electron chi connectivity index (χ2n) is 2.53. The van der Waals surface area contributed by atoms with Gasteiger partial charge in [-0.1, -0.05) is 30.3 Å². The number of rotatable bonds is 3. The Balaban J connectivity index is 2.80. The third-order valence-electron chi connectivity index (χ3n) is 1.73. The van der Waals surface area contributed by atoms with E-state index >= 15 is 0 Å².